The molecule has 0 radical (unpaired) electrons. The second-order valence-corrected chi connectivity index (χ2v) is 5.28. The summed E-state index contributed by atoms with van der Waals surface area (Å²) < 4.78 is 6.72. The van der Waals surface area contributed by atoms with Gasteiger partial charge in [0.2, 0.25) is 0 Å². The van der Waals surface area contributed by atoms with E-state index < -0.39 is 0 Å². The molecule has 0 spiro atoms. The van der Waals surface area contributed by atoms with Crippen LogP contribution >= 0.6 is 0 Å². The molecule has 1 fully saturated rings. The Labute approximate surface area is 129 Å². The van der Waals surface area contributed by atoms with Crippen molar-refractivity contribution in [3.05, 3.63) is 52.3 Å². The third-order valence-electron chi connectivity index (χ3n) is 3.76. The van der Waals surface area contributed by atoms with Crippen molar-refractivity contribution in [1.82, 2.24) is 15.1 Å². The smallest absolute Gasteiger partial charge is 0.267 e. The van der Waals surface area contributed by atoms with Gasteiger partial charge in [-0.05, 0) is 23.8 Å². The van der Waals surface area contributed by atoms with Gasteiger partial charge in [0.1, 0.15) is 11.6 Å². The summed E-state index contributed by atoms with van der Waals surface area (Å²) >= 11 is 0. The first-order valence-corrected chi connectivity index (χ1v) is 7.43. The van der Waals surface area contributed by atoms with Crippen molar-refractivity contribution in [2.75, 3.05) is 38.2 Å². The number of hydrogen-bond acceptors (Lipinski definition) is 5. The van der Waals surface area contributed by atoms with Crippen LogP contribution in [0.3, 0.4) is 0 Å². The summed E-state index contributed by atoms with van der Waals surface area (Å²) in [6.45, 7) is 4.14. The largest absolute Gasteiger partial charge is 0.497 e. The summed E-state index contributed by atoms with van der Waals surface area (Å²) in [5.74, 6) is 1.63. The molecule has 1 aliphatic heterocycles. The molecule has 6 nitrogen and oxygen atoms in total. The molecular formula is C16H20N4O2. The Morgan fingerprint density at radius 2 is 2.05 bits per heavy atom. The molecule has 0 atom stereocenters. The number of benzene rings is 1. The van der Waals surface area contributed by atoms with E-state index in [1.165, 1.54) is 4.68 Å². The van der Waals surface area contributed by atoms with Crippen molar-refractivity contribution in [3.63, 3.8) is 0 Å². The Bertz CT molecular complexity index is 693. The zero-order valence-electron chi connectivity index (χ0n) is 12.7. The highest BCUT2D eigenvalue weighted by molar-refractivity contribution is 5.37. The number of methoxy groups -OCH3 is 1. The Morgan fingerprint density at radius 1 is 1.23 bits per heavy atom. The highest BCUT2D eigenvalue weighted by atomic mass is 16.5. The zero-order chi connectivity index (χ0) is 15.4. The minimum atomic E-state index is -0.0956. The number of anilines is 1. The van der Waals surface area contributed by atoms with Crippen LogP contribution in [-0.2, 0) is 6.54 Å². The maximum Gasteiger partial charge on any atom is 0.267 e. The van der Waals surface area contributed by atoms with Crippen molar-refractivity contribution in [1.29, 1.82) is 0 Å². The molecule has 1 saturated heterocycles. The first-order chi connectivity index (χ1) is 10.8. The molecule has 0 saturated carbocycles. The predicted octanol–water partition coefficient (Wildman–Crippen LogP) is 0.710. The van der Waals surface area contributed by atoms with E-state index in [0.29, 0.717) is 6.54 Å². The highest BCUT2D eigenvalue weighted by Crippen LogP contribution is 2.14. The molecule has 2 heterocycles. The number of hydrogen-bond donors (Lipinski definition) is 1. The van der Waals surface area contributed by atoms with Gasteiger partial charge in [-0.2, -0.15) is 5.10 Å². The number of nitrogens with zero attached hydrogens (tertiary/aromatic N) is 3. The van der Waals surface area contributed by atoms with Gasteiger partial charge in [-0.15, -0.1) is 0 Å². The van der Waals surface area contributed by atoms with E-state index in [1.54, 1.807) is 19.2 Å². The van der Waals surface area contributed by atoms with Gasteiger partial charge in [0.15, 0.2) is 0 Å². The van der Waals surface area contributed by atoms with E-state index in [-0.39, 0.29) is 5.56 Å². The molecule has 0 aliphatic carbocycles. The quantitative estimate of drug-likeness (QED) is 0.901. The topological polar surface area (TPSA) is 59.4 Å². The second kappa shape index (κ2) is 6.62. The minimum absolute atomic E-state index is 0.0956. The van der Waals surface area contributed by atoms with E-state index in [0.717, 1.165) is 43.3 Å². The fourth-order valence-electron chi connectivity index (χ4n) is 2.56. The van der Waals surface area contributed by atoms with Crippen LogP contribution in [0.25, 0.3) is 0 Å². The van der Waals surface area contributed by atoms with Crippen LogP contribution in [-0.4, -0.2) is 43.1 Å². The summed E-state index contributed by atoms with van der Waals surface area (Å²) in [6, 6.07) is 11.1. The SMILES string of the molecule is COc1cccc(Cn2nc(N3CCNCC3)ccc2=O)c1. The van der Waals surface area contributed by atoms with Gasteiger partial charge in [-0.25, -0.2) is 4.68 Å². The third kappa shape index (κ3) is 3.28. The maximum atomic E-state index is 12.1. The van der Waals surface area contributed by atoms with Crippen molar-refractivity contribution >= 4 is 5.82 Å². The first-order valence-electron chi connectivity index (χ1n) is 7.43. The molecular weight excluding hydrogens is 280 g/mol. The summed E-state index contributed by atoms with van der Waals surface area (Å²) in [6.07, 6.45) is 0. The molecule has 22 heavy (non-hydrogen) atoms. The fourth-order valence-corrected chi connectivity index (χ4v) is 2.56. The van der Waals surface area contributed by atoms with Gasteiger partial charge in [0.05, 0.1) is 13.7 Å². The van der Waals surface area contributed by atoms with E-state index in [9.17, 15) is 4.79 Å². The first kappa shape index (κ1) is 14.6. The maximum absolute atomic E-state index is 12.1. The predicted molar refractivity (Wildman–Crippen MR) is 85.7 cm³/mol. The van der Waals surface area contributed by atoms with Crippen molar-refractivity contribution < 1.29 is 4.74 Å². The third-order valence-corrected chi connectivity index (χ3v) is 3.76. The minimum Gasteiger partial charge on any atom is -0.497 e. The molecule has 0 amide bonds. The number of aromatic nitrogens is 2. The van der Waals surface area contributed by atoms with E-state index in [2.05, 4.69) is 15.3 Å². The van der Waals surface area contributed by atoms with Crippen LogP contribution in [0.4, 0.5) is 5.82 Å². The Kier molecular flexibility index (Phi) is 4.39. The molecule has 2 aromatic rings. The molecule has 1 N–H and O–H groups in total. The molecule has 3 rings (SSSR count). The molecule has 1 aliphatic rings. The molecule has 0 bridgehead atoms. The highest BCUT2D eigenvalue weighted by Gasteiger charge is 2.13. The number of piperazine rings is 1. The van der Waals surface area contributed by atoms with Gasteiger partial charge in [-0.1, -0.05) is 12.1 Å². The van der Waals surface area contributed by atoms with Crippen LogP contribution in [0.1, 0.15) is 5.56 Å². The number of nitrogens with one attached hydrogen (secondary N) is 1. The Balaban J connectivity index is 1.84. The van der Waals surface area contributed by atoms with E-state index >= 15 is 0 Å². The lowest BCUT2D eigenvalue weighted by Crippen LogP contribution is -2.44. The van der Waals surface area contributed by atoms with E-state index in [1.807, 2.05) is 24.3 Å². The van der Waals surface area contributed by atoms with Gasteiger partial charge < -0.3 is 15.0 Å². The van der Waals surface area contributed by atoms with Crippen LogP contribution in [0.15, 0.2) is 41.2 Å². The van der Waals surface area contributed by atoms with Crippen LogP contribution in [0.2, 0.25) is 0 Å². The van der Waals surface area contributed by atoms with Crippen LogP contribution in [0.5, 0.6) is 5.75 Å². The summed E-state index contributed by atoms with van der Waals surface area (Å²) in [5.41, 5.74) is 0.896. The van der Waals surface area contributed by atoms with E-state index in [4.69, 9.17) is 4.74 Å². The second-order valence-electron chi connectivity index (χ2n) is 5.28. The van der Waals surface area contributed by atoms with Crippen LogP contribution in [0, 0.1) is 0 Å². The van der Waals surface area contributed by atoms with Crippen LogP contribution < -0.4 is 20.5 Å². The van der Waals surface area contributed by atoms with Crippen molar-refractivity contribution in [3.8, 4) is 5.75 Å². The van der Waals surface area contributed by atoms with Crippen molar-refractivity contribution in [2.45, 2.75) is 6.54 Å². The lowest BCUT2D eigenvalue weighted by Gasteiger charge is -2.28. The monoisotopic (exact) mass is 300 g/mol. The zero-order valence-corrected chi connectivity index (χ0v) is 12.7. The lowest BCUT2D eigenvalue weighted by atomic mass is 10.2. The number of rotatable bonds is 4. The summed E-state index contributed by atoms with van der Waals surface area (Å²) in [7, 11) is 1.63. The normalized spacial score (nSPS) is 14.9. The molecule has 1 aromatic carbocycles. The Hall–Kier alpha value is -2.34. The molecule has 116 valence electrons. The average Bonchev–Trinajstić information content (AvgIpc) is 2.58. The lowest BCUT2D eigenvalue weighted by molar-refractivity contribution is 0.414. The van der Waals surface area contributed by atoms with Gasteiger partial charge >= 0.3 is 0 Å². The van der Waals surface area contributed by atoms with Crippen molar-refractivity contribution in [2.24, 2.45) is 0 Å². The van der Waals surface area contributed by atoms with Gasteiger partial charge in [-0.3, -0.25) is 4.79 Å². The van der Waals surface area contributed by atoms with Gasteiger partial charge in [0, 0.05) is 32.2 Å². The van der Waals surface area contributed by atoms with Gasteiger partial charge in [0.25, 0.3) is 5.56 Å². The molecule has 1 aromatic heterocycles. The number of ether oxygens (including phenoxy) is 1. The fraction of sp³-hybridized carbons (Fsp3) is 0.375. The molecule has 0 unspecified atom stereocenters. The summed E-state index contributed by atoms with van der Waals surface area (Å²) in [5, 5.41) is 7.82. The summed E-state index contributed by atoms with van der Waals surface area (Å²) in [4.78, 5) is 14.2. The average molecular weight is 300 g/mol. The Morgan fingerprint density at radius 3 is 2.82 bits per heavy atom. The standard InChI is InChI=1S/C16H20N4O2/c1-22-14-4-2-3-13(11-14)12-20-16(21)6-5-15(18-20)19-9-7-17-8-10-19/h2-6,11,17H,7-10,12H2,1H3. The molecule has 6 heteroatoms.